The van der Waals surface area contributed by atoms with Crippen molar-refractivity contribution in [1.29, 1.82) is 0 Å². The van der Waals surface area contributed by atoms with Crippen LogP contribution in [0.2, 0.25) is 0 Å². The number of urea groups is 1. The van der Waals surface area contributed by atoms with Gasteiger partial charge >= 0.3 is 6.03 Å². The highest BCUT2D eigenvalue weighted by atomic mass is 16.2. The molecule has 3 rings (SSSR count). The van der Waals surface area contributed by atoms with E-state index < -0.39 is 0 Å². The van der Waals surface area contributed by atoms with Crippen molar-refractivity contribution in [2.24, 2.45) is 0 Å². The predicted octanol–water partition coefficient (Wildman–Crippen LogP) is 4.69. The molecule has 1 aromatic carbocycles. The highest BCUT2D eigenvalue weighted by Crippen LogP contribution is 2.32. The standard InChI is InChI=1S/C24H36N6O/c1-16-8-7-9-19(24(2,3)4)21(16)29-23(31)27-18-12-10-17(11-13-18)26-22-25-15-14-20(28-22)30(5)6/h7-9,14-15,17-18H,10-13H2,1-6H3,(H,25,26,28)(H2,27,29,31)/t17-,18+. The lowest BCUT2D eigenvalue weighted by atomic mass is 9.84. The van der Waals surface area contributed by atoms with Gasteiger partial charge in [0.2, 0.25) is 5.95 Å². The second kappa shape index (κ2) is 9.54. The molecule has 0 spiro atoms. The fourth-order valence-corrected chi connectivity index (χ4v) is 4.03. The van der Waals surface area contributed by atoms with Gasteiger partial charge < -0.3 is 20.9 Å². The van der Waals surface area contributed by atoms with Gasteiger partial charge in [0.25, 0.3) is 0 Å². The number of rotatable bonds is 5. The van der Waals surface area contributed by atoms with Crippen LogP contribution in [0.1, 0.15) is 57.6 Å². The number of carbonyl (C=O) groups excluding carboxylic acids is 1. The molecule has 1 aromatic heterocycles. The molecular formula is C24H36N6O. The number of hydrogen-bond acceptors (Lipinski definition) is 5. The lowest BCUT2D eigenvalue weighted by Crippen LogP contribution is -2.42. The molecule has 1 aliphatic carbocycles. The van der Waals surface area contributed by atoms with Crippen LogP contribution < -0.4 is 20.9 Å². The molecule has 1 heterocycles. The number of aromatic nitrogens is 2. The second-order valence-electron chi connectivity index (χ2n) is 9.67. The number of benzene rings is 1. The lowest BCUT2D eigenvalue weighted by Gasteiger charge is -2.30. The molecule has 2 aromatic rings. The molecule has 0 saturated heterocycles. The van der Waals surface area contributed by atoms with E-state index in [1.54, 1.807) is 6.20 Å². The maximum Gasteiger partial charge on any atom is 0.319 e. The zero-order valence-electron chi connectivity index (χ0n) is 19.6. The van der Waals surface area contributed by atoms with Crippen LogP contribution in [0.4, 0.5) is 22.2 Å². The molecule has 0 aliphatic heterocycles. The molecule has 1 saturated carbocycles. The fraction of sp³-hybridized carbons (Fsp3) is 0.542. The van der Waals surface area contributed by atoms with E-state index in [1.165, 1.54) is 0 Å². The first-order valence-electron chi connectivity index (χ1n) is 11.1. The quantitative estimate of drug-likeness (QED) is 0.648. The Morgan fingerprint density at radius 3 is 2.39 bits per heavy atom. The van der Waals surface area contributed by atoms with Crippen LogP contribution >= 0.6 is 0 Å². The van der Waals surface area contributed by atoms with Crippen LogP contribution in [-0.2, 0) is 5.41 Å². The molecule has 0 atom stereocenters. The molecular weight excluding hydrogens is 388 g/mol. The maximum absolute atomic E-state index is 12.7. The Morgan fingerprint density at radius 2 is 1.74 bits per heavy atom. The van der Waals surface area contributed by atoms with Crippen LogP contribution in [0.5, 0.6) is 0 Å². The van der Waals surface area contributed by atoms with Gasteiger partial charge in [-0.2, -0.15) is 4.98 Å². The van der Waals surface area contributed by atoms with Gasteiger partial charge in [0, 0.05) is 38.1 Å². The van der Waals surface area contributed by atoms with Gasteiger partial charge in [0.1, 0.15) is 5.82 Å². The molecule has 0 bridgehead atoms. The first kappa shape index (κ1) is 22.8. The summed E-state index contributed by atoms with van der Waals surface area (Å²) in [5.41, 5.74) is 3.11. The Labute approximate surface area is 186 Å². The summed E-state index contributed by atoms with van der Waals surface area (Å²) in [5.74, 6) is 1.55. The Balaban J connectivity index is 1.53. The van der Waals surface area contributed by atoms with Crippen LogP contribution in [0.3, 0.4) is 0 Å². The third-order valence-electron chi connectivity index (χ3n) is 5.81. The Bertz CT molecular complexity index is 897. The first-order valence-corrected chi connectivity index (χ1v) is 11.1. The van der Waals surface area contributed by atoms with E-state index in [1.807, 2.05) is 44.1 Å². The summed E-state index contributed by atoms with van der Waals surface area (Å²) in [6.45, 7) is 8.53. The van der Waals surface area contributed by atoms with E-state index in [0.717, 1.165) is 48.3 Å². The van der Waals surface area contributed by atoms with Crippen LogP contribution in [-0.4, -0.2) is 42.2 Å². The van der Waals surface area contributed by atoms with Crippen molar-refractivity contribution >= 4 is 23.5 Å². The van der Waals surface area contributed by atoms with Gasteiger partial charge in [-0.3, -0.25) is 0 Å². The number of nitrogens with zero attached hydrogens (tertiary/aromatic N) is 3. The number of para-hydroxylation sites is 1. The van der Waals surface area contributed by atoms with E-state index in [2.05, 4.69) is 52.8 Å². The number of nitrogens with one attached hydrogen (secondary N) is 3. The van der Waals surface area contributed by atoms with Gasteiger partial charge in [-0.1, -0.05) is 39.0 Å². The Kier molecular flexibility index (Phi) is 7.03. The highest BCUT2D eigenvalue weighted by Gasteiger charge is 2.24. The third kappa shape index (κ3) is 6.09. The van der Waals surface area contributed by atoms with Crippen molar-refractivity contribution in [3.63, 3.8) is 0 Å². The van der Waals surface area contributed by atoms with Crippen molar-refractivity contribution in [2.45, 2.75) is 70.9 Å². The average molecular weight is 425 g/mol. The molecule has 0 radical (unpaired) electrons. The zero-order valence-corrected chi connectivity index (χ0v) is 19.6. The van der Waals surface area contributed by atoms with Crippen LogP contribution in [0, 0.1) is 6.92 Å². The van der Waals surface area contributed by atoms with E-state index in [9.17, 15) is 4.79 Å². The average Bonchev–Trinajstić information content (AvgIpc) is 2.70. The monoisotopic (exact) mass is 424 g/mol. The van der Waals surface area contributed by atoms with Gasteiger partial charge in [-0.05, 0) is 55.2 Å². The van der Waals surface area contributed by atoms with Crippen molar-refractivity contribution in [2.75, 3.05) is 29.6 Å². The SMILES string of the molecule is Cc1cccc(C(C)(C)C)c1NC(=O)N[C@H]1CC[C@@H](Nc2nccc(N(C)C)n2)CC1. The van der Waals surface area contributed by atoms with Gasteiger partial charge in [-0.25, -0.2) is 9.78 Å². The van der Waals surface area contributed by atoms with Crippen molar-refractivity contribution in [1.82, 2.24) is 15.3 Å². The minimum atomic E-state index is -0.127. The minimum absolute atomic E-state index is 0.0374. The predicted molar refractivity (Wildman–Crippen MR) is 128 cm³/mol. The second-order valence-corrected chi connectivity index (χ2v) is 9.67. The van der Waals surface area contributed by atoms with E-state index in [0.29, 0.717) is 12.0 Å². The fourth-order valence-electron chi connectivity index (χ4n) is 4.03. The molecule has 1 fully saturated rings. The molecule has 7 nitrogen and oxygen atoms in total. The van der Waals surface area contributed by atoms with Gasteiger partial charge in [0.15, 0.2) is 0 Å². The Hall–Kier alpha value is -2.83. The molecule has 0 unspecified atom stereocenters. The van der Waals surface area contributed by atoms with Gasteiger partial charge in [-0.15, -0.1) is 0 Å². The number of amides is 2. The third-order valence-corrected chi connectivity index (χ3v) is 5.81. The normalized spacial score (nSPS) is 18.9. The topological polar surface area (TPSA) is 82.2 Å². The van der Waals surface area contributed by atoms with Crippen LogP contribution in [0.25, 0.3) is 0 Å². The lowest BCUT2D eigenvalue weighted by molar-refractivity contribution is 0.243. The largest absolute Gasteiger partial charge is 0.363 e. The summed E-state index contributed by atoms with van der Waals surface area (Å²) in [5, 5.41) is 9.72. The smallest absolute Gasteiger partial charge is 0.319 e. The number of carbonyl (C=O) groups is 1. The van der Waals surface area contributed by atoms with E-state index >= 15 is 0 Å². The van der Waals surface area contributed by atoms with Crippen molar-refractivity contribution < 1.29 is 4.79 Å². The van der Waals surface area contributed by atoms with Crippen molar-refractivity contribution in [3.05, 3.63) is 41.6 Å². The highest BCUT2D eigenvalue weighted by molar-refractivity contribution is 5.91. The van der Waals surface area contributed by atoms with E-state index in [-0.39, 0.29) is 17.5 Å². The number of aryl methyl sites for hydroxylation is 1. The summed E-state index contributed by atoms with van der Waals surface area (Å²) in [4.78, 5) is 23.6. The number of anilines is 3. The summed E-state index contributed by atoms with van der Waals surface area (Å²) < 4.78 is 0. The van der Waals surface area contributed by atoms with E-state index in [4.69, 9.17) is 0 Å². The summed E-state index contributed by atoms with van der Waals surface area (Å²) >= 11 is 0. The van der Waals surface area contributed by atoms with Crippen molar-refractivity contribution in [3.8, 4) is 0 Å². The summed E-state index contributed by atoms with van der Waals surface area (Å²) in [7, 11) is 3.94. The Morgan fingerprint density at radius 1 is 1.06 bits per heavy atom. The molecule has 7 heteroatoms. The minimum Gasteiger partial charge on any atom is -0.363 e. The summed E-state index contributed by atoms with van der Waals surface area (Å²) in [6.07, 6.45) is 5.58. The first-order chi connectivity index (χ1) is 14.6. The molecule has 31 heavy (non-hydrogen) atoms. The molecule has 1 aliphatic rings. The van der Waals surface area contributed by atoms with Gasteiger partial charge in [0.05, 0.1) is 0 Å². The molecule has 2 amide bonds. The van der Waals surface area contributed by atoms with Crippen LogP contribution in [0.15, 0.2) is 30.5 Å². The summed E-state index contributed by atoms with van der Waals surface area (Å²) in [6, 6.07) is 8.44. The maximum atomic E-state index is 12.7. The molecule has 3 N–H and O–H groups in total. The zero-order chi connectivity index (χ0) is 22.6. The number of hydrogen-bond donors (Lipinski definition) is 3. The molecule has 168 valence electrons.